The number of carbonyl (C=O) groups excluding carboxylic acids is 3. The number of aromatic nitrogens is 1. The lowest BCUT2D eigenvalue weighted by Crippen LogP contribution is -2.54. The van der Waals surface area contributed by atoms with Gasteiger partial charge < -0.3 is 9.30 Å². The van der Waals surface area contributed by atoms with Crippen molar-refractivity contribution in [2.24, 2.45) is 0 Å². The molecule has 7 nitrogen and oxygen atoms in total. The minimum atomic E-state index is -0.535. The number of nitrogens with zero attached hydrogens (tertiary/aromatic N) is 2. The van der Waals surface area contributed by atoms with Crippen molar-refractivity contribution in [3.63, 3.8) is 0 Å². The number of benzene rings is 2. The first-order chi connectivity index (χ1) is 16.7. The molecule has 0 saturated carbocycles. The molecule has 0 radical (unpaired) electrons. The summed E-state index contributed by atoms with van der Waals surface area (Å²) in [5, 5.41) is 2.67. The van der Waals surface area contributed by atoms with Gasteiger partial charge in [0.2, 0.25) is 0 Å². The summed E-state index contributed by atoms with van der Waals surface area (Å²) in [4.78, 5) is 39.3. The van der Waals surface area contributed by atoms with Crippen molar-refractivity contribution in [2.75, 3.05) is 11.5 Å². The van der Waals surface area contributed by atoms with Crippen LogP contribution in [0.15, 0.2) is 60.2 Å². The van der Waals surface area contributed by atoms with E-state index in [0.717, 1.165) is 28.2 Å². The van der Waals surface area contributed by atoms with Gasteiger partial charge in [-0.05, 0) is 94.0 Å². The maximum Gasteiger partial charge on any atom is 0.338 e. The standard InChI is InChI=1S/C27H25N3O4S/c1-5-34-26(33)19-8-12-21(13-9-19)29-17(3)14-20(18(29)4)15-23-24(31)28-27(35)30(25(23)32)22-10-6-16(2)7-11-22/h6-15H,5H2,1-4H3,(H,28,31,35). The zero-order valence-electron chi connectivity index (χ0n) is 19.9. The number of rotatable bonds is 5. The van der Waals surface area contributed by atoms with E-state index in [1.165, 1.54) is 4.90 Å². The molecule has 1 aliphatic heterocycles. The molecule has 0 aliphatic carbocycles. The van der Waals surface area contributed by atoms with Gasteiger partial charge in [0.25, 0.3) is 11.8 Å². The maximum absolute atomic E-state index is 13.3. The van der Waals surface area contributed by atoms with Crippen molar-refractivity contribution in [1.29, 1.82) is 0 Å². The van der Waals surface area contributed by atoms with Gasteiger partial charge in [-0.1, -0.05) is 17.7 Å². The van der Waals surface area contributed by atoms with Crippen LogP contribution in [-0.4, -0.2) is 34.1 Å². The first-order valence-electron chi connectivity index (χ1n) is 11.2. The summed E-state index contributed by atoms with van der Waals surface area (Å²) in [7, 11) is 0. The Morgan fingerprint density at radius 3 is 2.26 bits per heavy atom. The molecule has 0 atom stereocenters. The van der Waals surface area contributed by atoms with Crippen molar-refractivity contribution in [1.82, 2.24) is 9.88 Å². The quantitative estimate of drug-likeness (QED) is 0.250. The van der Waals surface area contributed by atoms with Gasteiger partial charge in [0.05, 0.1) is 17.9 Å². The number of nitrogens with one attached hydrogen (secondary N) is 1. The highest BCUT2D eigenvalue weighted by molar-refractivity contribution is 7.80. The van der Waals surface area contributed by atoms with Gasteiger partial charge in [0.1, 0.15) is 5.57 Å². The molecule has 2 amide bonds. The molecule has 1 N–H and O–H groups in total. The van der Waals surface area contributed by atoms with Crippen molar-refractivity contribution in [3.8, 4) is 5.69 Å². The number of hydrogen-bond donors (Lipinski definition) is 1. The topological polar surface area (TPSA) is 80.6 Å². The molecular weight excluding hydrogens is 462 g/mol. The van der Waals surface area contributed by atoms with Crippen LogP contribution < -0.4 is 10.2 Å². The van der Waals surface area contributed by atoms with E-state index in [-0.39, 0.29) is 16.7 Å². The van der Waals surface area contributed by atoms with E-state index in [1.807, 2.05) is 55.7 Å². The molecule has 2 heterocycles. The van der Waals surface area contributed by atoms with Crippen LogP contribution in [0.1, 0.15) is 39.8 Å². The molecular formula is C27H25N3O4S. The molecule has 2 aromatic carbocycles. The fraction of sp³-hybridized carbons (Fsp3) is 0.185. The molecule has 4 rings (SSSR count). The monoisotopic (exact) mass is 487 g/mol. The van der Waals surface area contributed by atoms with Crippen molar-refractivity contribution in [3.05, 3.63) is 88.2 Å². The molecule has 0 spiro atoms. The van der Waals surface area contributed by atoms with Gasteiger partial charge in [-0.15, -0.1) is 0 Å². The van der Waals surface area contributed by atoms with E-state index >= 15 is 0 Å². The molecule has 1 aliphatic rings. The van der Waals surface area contributed by atoms with Crippen LogP contribution in [0, 0.1) is 20.8 Å². The van der Waals surface area contributed by atoms with E-state index in [1.54, 1.807) is 37.3 Å². The summed E-state index contributed by atoms with van der Waals surface area (Å²) < 4.78 is 7.04. The Balaban J connectivity index is 1.69. The molecule has 0 unspecified atom stereocenters. The lowest BCUT2D eigenvalue weighted by molar-refractivity contribution is -0.122. The molecule has 0 bridgehead atoms. The molecule has 35 heavy (non-hydrogen) atoms. The molecule has 178 valence electrons. The first-order valence-corrected chi connectivity index (χ1v) is 11.6. The molecule has 1 fully saturated rings. The third-order valence-corrected chi connectivity index (χ3v) is 6.09. The Kier molecular flexibility index (Phi) is 6.66. The predicted octanol–water partition coefficient (Wildman–Crippen LogP) is 4.41. The summed E-state index contributed by atoms with van der Waals surface area (Å²) >= 11 is 5.28. The van der Waals surface area contributed by atoms with Crippen LogP contribution in [0.4, 0.5) is 5.69 Å². The van der Waals surface area contributed by atoms with E-state index in [2.05, 4.69) is 5.32 Å². The third-order valence-electron chi connectivity index (χ3n) is 5.80. The Hall–Kier alpha value is -4.04. The third kappa shape index (κ3) is 4.65. The Labute approximate surface area is 209 Å². The number of ether oxygens (including phenoxy) is 1. The average Bonchev–Trinajstić information content (AvgIpc) is 3.10. The number of thiocarbonyl (C=S) groups is 1. The predicted molar refractivity (Wildman–Crippen MR) is 139 cm³/mol. The van der Waals surface area contributed by atoms with Crippen LogP contribution in [0.3, 0.4) is 0 Å². The zero-order valence-corrected chi connectivity index (χ0v) is 20.7. The van der Waals surface area contributed by atoms with Crippen LogP contribution in [0.2, 0.25) is 0 Å². The van der Waals surface area contributed by atoms with Gasteiger partial charge in [0, 0.05) is 17.1 Å². The molecule has 8 heteroatoms. The Morgan fingerprint density at radius 1 is 1.00 bits per heavy atom. The van der Waals surface area contributed by atoms with E-state index in [9.17, 15) is 14.4 Å². The number of anilines is 1. The number of amides is 2. The zero-order chi connectivity index (χ0) is 25.3. The smallest absolute Gasteiger partial charge is 0.338 e. The fourth-order valence-electron chi connectivity index (χ4n) is 4.03. The van der Waals surface area contributed by atoms with Gasteiger partial charge in [-0.2, -0.15) is 0 Å². The molecule has 3 aromatic rings. The van der Waals surface area contributed by atoms with Crippen molar-refractivity contribution in [2.45, 2.75) is 27.7 Å². The SMILES string of the molecule is CCOC(=O)c1ccc(-n2c(C)cc(C=C3C(=O)NC(=S)N(c4ccc(C)cc4)C3=O)c2C)cc1. The number of carbonyl (C=O) groups is 3. The van der Waals surface area contributed by atoms with Gasteiger partial charge in [-0.25, -0.2) is 4.79 Å². The number of aryl methyl sites for hydroxylation is 2. The lowest BCUT2D eigenvalue weighted by Gasteiger charge is -2.29. The van der Waals surface area contributed by atoms with Crippen LogP contribution in [0.5, 0.6) is 0 Å². The Bertz CT molecular complexity index is 1370. The summed E-state index contributed by atoms with van der Waals surface area (Å²) in [6.45, 7) is 7.87. The summed E-state index contributed by atoms with van der Waals surface area (Å²) in [5.74, 6) is -1.39. The molecule has 1 aromatic heterocycles. The largest absolute Gasteiger partial charge is 0.462 e. The molecule has 1 saturated heterocycles. The van der Waals surface area contributed by atoms with Crippen molar-refractivity contribution >= 4 is 46.9 Å². The van der Waals surface area contributed by atoms with Crippen LogP contribution in [0.25, 0.3) is 11.8 Å². The second-order valence-corrected chi connectivity index (χ2v) is 8.61. The van der Waals surface area contributed by atoms with E-state index < -0.39 is 11.8 Å². The van der Waals surface area contributed by atoms with Crippen LogP contribution >= 0.6 is 12.2 Å². The highest BCUT2D eigenvalue weighted by Gasteiger charge is 2.34. The van der Waals surface area contributed by atoms with Gasteiger partial charge in [-0.3, -0.25) is 19.8 Å². The summed E-state index contributed by atoms with van der Waals surface area (Å²) in [6.07, 6.45) is 1.59. The fourth-order valence-corrected chi connectivity index (χ4v) is 4.31. The second-order valence-electron chi connectivity index (χ2n) is 8.22. The van der Waals surface area contributed by atoms with Crippen LogP contribution in [-0.2, 0) is 14.3 Å². The average molecular weight is 488 g/mol. The van der Waals surface area contributed by atoms with Gasteiger partial charge >= 0.3 is 5.97 Å². The maximum atomic E-state index is 13.3. The summed E-state index contributed by atoms with van der Waals surface area (Å²) in [5.41, 5.74) is 5.43. The highest BCUT2D eigenvalue weighted by atomic mass is 32.1. The summed E-state index contributed by atoms with van der Waals surface area (Å²) in [6, 6.07) is 16.3. The van der Waals surface area contributed by atoms with E-state index in [4.69, 9.17) is 17.0 Å². The van der Waals surface area contributed by atoms with Crippen molar-refractivity contribution < 1.29 is 19.1 Å². The highest BCUT2D eigenvalue weighted by Crippen LogP contribution is 2.26. The van der Waals surface area contributed by atoms with E-state index in [0.29, 0.717) is 17.9 Å². The minimum Gasteiger partial charge on any atom is -0.462 e. The normalized spacial score (nSPS) is 14.9. The Morgan fingerprint density at radius 2 is 1.63 bits per heavy atom. The minimum absolute atomic E-state index is 0.00270. The first kappa shape index (κ1) is 24.1. The lowest BCUT2D eigenvalue weighted by atomic mass is 10.1. The van der Waals surface area contributed by atoms with Gasteiger partial charge in [0.15, 0.2) is 5.11 Å². The number of hydrogen-bond acceptors (Lipinski definition) is 5. The number of esters is 1. The second kappa shape index (κ2) is 9.68.